The molecule has 1 aromatic carbocycles. The van der Waals surface area contributed by atoms with Gasteiger partial charge < -0.3 is 10.5 Å². The van der Waals surface area contributed by atoms with Gasteiger partial charge in [0, 0.05) is 6.04 Å². The first-order valence-electron chi connectivity index (χ1n) is 5.25. The maximum atomic E-state index is 5.81. The SMILES string of the molecule is N[C@@H]1CC[C@@H](OCc2ccccc2)C1. The van der Waals surface area contributed by atoms with Crippen molar-refractivity contribution in [3.8, 4) is 0 Å². The van der Waals surface area contributed by atoms with Crippen LogP contribution in [0.4, 0.5) is 0 Å². The van der Waals surface area contributed by atoms with Crippen molar-refractivity contribution >= 4 is 0 Å². The van der Waals surface area contributed by atoms with Gasteiger partial charge in [-0.25, -0.2) is 0 Å². The van der Waals surface area contributed by atoms with E-state index in [1.165, 1.54) is 5.56 Å². The number of rotatable bonds is 3. The summed E-state index contributed by atoms with van der Waals surface area (Å²) in [5.74, 6) is 0. The van der Waals surface area contributed by atoms with Crippen LogP contribution in [0.3, 0.4) is 0 Å². The van der Waals surface area contributed by atoms with E-state index in [1.807, 2.05) is 18.2 Å². The van der Waals surface area contributed by atoms with Gasteiger partial charge in [0.25, 0.3) is 0 Å². The number of hydrogen-bond acceptors (Lipinski definition) is 2. The predicted molar refractivity (Wildman–Crippen MR) is 56.8 cm³/mol. The lowest BCUT2D eigenvalue weighted by molar-refractivity contribution is 0.0448. The molecule has 0 spiro atoms. The Labute approximate surface area is 85.1 Å². The lowest BCUT2D eigenvalue weighted by Gasteiger charge is -2.11. The first-order valence-corrected chi connectivity index (χ1v) is 5.25. The van der Waals surface area contributed by atoms with Gasteiger partial charge >= 0.3 is 0 Å². The fraction of sp³-hybridized carbons (Fsp3) is 0.500. The van der Waals surface area contributed by atoms with Crippen LogP contribution in [0.25, 0.3) is 0 Å². The van der Waals surface area contributed by atoms with Crippen molar-refractivity contribution in [2.45, 2.75) is 38.0 Å². The monoisotopic (exact) mass is 191 g/mol. The molecule has 2 heteroatoms. The maximum absolute atomic E-state index is 5.81. The summed E-state index contributed by atoms with van der Waals surface area (Å²) in [5.41, 5.74) is 7.06. The summed E-state index contributed by atoms with van der Waals surface area (Å²) in [7, 11) is 0. The van der Waals surface area contributed by atoms with E-state index in [0.29, 0.717) is 12.1 Å². The van der Waals surface area contributed by atoms with Gasteiger partial charge in [-0.3, -0.25) is 0 Å². The minimum Gasteiger partial charge on any atom is -0.373 e. The summed E-state index contributed by atoms with van der Waals surface area (Å²) >= 11 is 0. The van der Waals surface area contributed by atoms with Crippen LogP contribution < -0.4 is 5.73 Å². The number of ether oxygens (including phenoxy) is 1. The van der Waals surface area contributed by atoms with E-state index in [1.54, 1.807) is 0 Å². The average Bonchev–Trinajstić information content (AvgIpc) is 2.63. The Bertz CT molecular complexity index is 273. The molecule has 0 bridgehead atoms. The largest absolute Gasteiger partial charge is 0.373 e. The minimum atomic E-state index is 0.357. The van der Waals surface area contributed by atoms with E-state index in [0.717, 1.165) is 25.9 Å². The molecule has 1 aromatic rings. The highest BCUT2D eigenvalue weighted by Gasteiger charge is 2.21. The molecule has 0 aliphatic heterocycles. The molecule has 76 valence electrons. The van der Waals surface area contributed by atoms with E-state index in [4.69, 9.17) is 10.5 Å². The van der Waals surface area contributed by atoms with Crippen molar-refractivity contribution in [2.75, 3.05) is 0 Å². The standard InChI is InChI=1S/C12H17NO/c13-11-6-7-12(8-11)14-9-10-4-2-1-3-5-10/h1-5,11-12H,6-9,13H2/t11-,12-/m1/s1. The number of benzene rings is 1. The van der Waals surface area contributed by atoms with Gasteiger partial charge in [-0.05, 0) is 24.8 Å². The van der Waals surface area contributed by atoms with E-state index >= 15 is 0 Å². The molecule has 1 fully saturated rings. The summed E-state index contributed by atoms with van der Waals surface area (Å²) in [5, 5.41) is 0. The second-order valence-electron chi connectivity index (χ2n) is 3.99. The molecule has 1 aliphatic carbocycles. The normalized spacial score (nSPS) is 26.6. The zero-order valence-corrected chi connectivity index (χ0v) is 8.36. The molecule has 2 atom stereocenters. The zero-order chi connectivity index (χ0) is 9.80. The van der Waals surface area contributed by atoms with E-state index in [9.17, 15) is 0 Å². The Morgan fingerprint density at radius 1 is 1.21 bits per heavy atom. The molecule has 1 aliphatic rings. The highest BCUT2D eigenvalue weighted by atomic mass is 16.5. The van der Waals surface area contributed by atoms with E-state index < -0.39 is 0 Å². The van der Waals surface area contributed by atoms with Crippen LogP contribution >= 0.6 is 0 Å². The second kappa shape index (κ2) is 4.58. The van der Waals surface area contributed by atoms with Crippen LogP contribution in [0.1, 0.15) is 24.8 Å². The van der Waals surface area contributed by atoms with Gasteiger partial charge in [-0.2, -0.15) is 0 Å². The highest BCUT2D eigenvalue weighted by molar-refractivity contribution is 5.13. The first kappa shape index (κ1) is 9.69. The van der Waals surface area contributed by atoms with Crippen LogP contribution in [0, 0.1) is 0 Å². The Hall–Kier alpha value is -0.860. The second-order valence-corrected chi connectivity index (χ2v) is 3.99. The zero-order valence-electron chi connectivity index (χ0n) is 8.36. The molecule has 2 rings (SSSR count). The molecule has 14 heavy (non-hydrogen) atoms. The fourth-order valence-electron chi connectivity index (χ4n) is 1.91. The molecule has 0 saturated heterocycles. The Morgan fingerprint density at radius 3 is 2.64 bits per heavy atom. The van der Waals surface area contributed by atoms with Gasteiger partial charge in [0.05, 0.1) is 12.7 Å². The Balaban J connectivity index is 1.78. The van der Waals surface area contributed by atoms with Crippen LogP contribution in [0.5, 0.6) is 0 Å². The van der Waals surface area contributed by atoms with Gasteiger partial charge in [0.1, 0.15) is 0 Å². The molecular formula is C12H17NO. The molecule has 0 radical (unpaired) electrons. The summed E-state index contributed by atoms with van der Waals surface area (Å²) in [4.78, 5) is 0. The van der Waals surface area contributed by atoms with Crippen LogP contribution in [-0.4, -0.2) is 12.1 Å². The smallest absolute Gasteiger partial charge is 0.0720 e. The Morgan fingerprint density at radius 2 is 2.00 bits per heavy atom. The van der Waals surface area contributed by atoms with Gasteiger partial charge in [-0.15, -0.1) is 0 Å². The molecule has 2 N–H and O–H groups in total. The van der Waals surface area contributed by atoms with Gasteiger partial charge in [0.15, 0.2) is 0 Å². The van der Waals surface area contributed by atoms with Crippen LogP contribution in [0.15, 0.2) is 30.3 Å². The van der Waals surface area contributed by atoms with Gasteiger partial charge in [-0.1, -0.05) is 30.3 Å². The molecule has 0 unspecified atom stereocenters. The van der Waals surface area contributed by atoms with Crippen molar-refractivity contribution in [1.82, 2.24) is 0 Å². The molecule has 0 aromatic heterocycles. The Kier molecular flexibility index (Phi) is 3.17. The first-order chi connectivity index (χ1) is 6.84. The molecule has 2 nitrogen and oxygen atoms in total. The third kappa shape index (κ3) is 2.56. The van der Waals surface area contributed by atoms with Crippen molar-refractivity contribution in [2.24, 2.45) is 5.73 Å². The summed E-state index contributed by atoms with van der Waals surface area (Å²) < 4.78 is 5.78. The lowest BCUT2D eigenvalue weighted by atomic mass is 10.2. The van der Waals surface area contributed by atoms with Crippen molar-refractivity contribution in [3.63, 3.8) is 0 Å². The van der Waals surface area contributed by atoms with Gasteiger partial charge in [0.2, 0.25) is 0 Å². The van der Waals surface area contributed by atoms with Crippen LogP contribution in [-0.2, 0) is 11.3 Å². The molecule has 0 heterocycles. The third-order valence-corrected chi connectivity index (χ3v) is 2.75. The van der Waals surface area contributed by atoms with Crippen LogP contribution in [0.2, 0.25) is 0 Å². The molecule has 0 amide bonds. The van der Waals surface area contributed by atoms with E-state index in [2.05, 4.69) is 12.1 Å². The molecule has 1 saturated carbocycles. The summed E-state index contributed by atoms with van der Waals surface area (Å²) in [6.45, 7) is 0.720. The fourth-order valence-corrected chi connectivity index (χ4v) is 1.91. The van der Waals surface area contributed by atoms with Crippen molar-refractivity contribution in [1.29, 1.82) is 0 Å². The third-order valence-electron chi connectivity index (χ3n) is 2.75. The van der Waals surface area contributed by atoms with Crippen molar-refractivity contribution < 1.29 is 4.74 Å². The topological polar surface area (TPSA) is 35.2 Å². The maximum Gasteiger partial charge on any atom is 0.0720 e. The molecular weight excluding hydrogens is 174 g/mol. The minimum absolute atomic E-state index is 0.357. The number of hydrogen-bond donors (Lipinski definition) is 1. The lowest BCUT2D eigenvalue weighted by Crippen LogP contribution is -2.17. The average molecular weight is 191 g/mol. The quantitative estimate of drug-likeness (QED) is 0.794. The number of nitrogens with two attached hydrogens (primary N) is 1. The summed E-state index contributed by atoms with van der Waals surface area (Å²) in [6.07, 6.45) is 3.63. The van der Waals surface area contributed by atoms with E-state index in [-0.39, 0.29) is 0 Å². The van der Waals surface area contributed by atoms with Crippen molar-refractivity contribution in [3.05, 3.63) is 35.9 Å². The summed E-state index contributed by atoms with van der Waals surface area (Å²) in [6, 6.07) is 10.6. The highest BCUT2D eigenvalue weighted by Crippen LogP contribution is 2.21. The predicted octanol–water partition coefficient (Wildman–Crippen LogP) is 2.08.